The Morgan fingerprint density at radius 1 is 1.38 bits per heavy atom. The monoisotopic (exact) mass is 229 g/mol. The third-order valence-corrected chi connectivity index (χ3v) is 2.80. The summed E-state index contributed by atoms with van der Waals surface area (Å²) in [5.74, 6) is 0. The second kappa shape index (κ2) is 4.62. The Morgan fingerprint density at radius 3 is 2.50 bits per heavy atom. The summed E-state index contributed by atoms with van der Waals surface area (Å²) in [6.45, 7) is 9.04. The van der Waals surface area contributed by atoms with E-state index in [1.54, 1.807) is 12.0 Å². The van der Waals surface area contributed by atoms with E-state index in [2.05, 4.69) is 0 Å². The van der Waals surface area contributed by atoms with Crippen molar-refractivity contribution in [3.63, 3.8) is 0 Å². The SMILES string of the molecule is COC1(C)CCCN(C(=O)OC(C)(C)C)C1. The van der Waals surface area contributed by atoms with Gasteiger partial charge in [-0.05, 0) is 40.5 Å². The number of rotatable bonds is 1. The van der Waals surface area contributed by atoms with Crippen LogP contribution in [0.4, 0.5) is 4.79 Å². The fourth-order valence-electron chi connectivity index (χ4n) is 1.85. The van der Waals surface area contributed by atoms with E-state index in [1.165, 1.54) is 0 Å². The average Bonchev–Trinajstić information content (AvgIpc) is 2.15. The predicted octanol–water partition coefficient (Wildman–Crippen LogP) is 2.42. The van der Waals surface area contributed by atoms with Crippen molar-refractivity contribution in [2.24, 2.45) is 0 Å². The van der Waals surface area contributed by atoms with Crippen LogP contribution in [0.15, 0.2) is 0 Å². The average molecular weight is 229 g/mol. The summed E-state index contributed by atoms with van der Waals surface area (Å²) in [4.78, 5) is 13.6. The molecule has 0 aromatic heterocycles. The van der Waals surface area contributed by atoms with Crippen molar-refractivity contribution in [1.29, 1.82) is 0 Å². The molecule has 1 fully saturated rings. The highest BCUT2D eigenvalue weighted by molar-refractivity contribution is 5.68. The predicted molar refractivity (Wildman–Crippen MR) is 62.5 cm³/mol. The minimum absolute atomic E-state index is 0.227. The lowest BCUT2D eigenvalue weighted by molar-refractivity contribution is -0.0571. The topological polar surface area (TPSA) is 38.8 Å². The molecule has 0 aromatic rings. The largest absolute Gasteiger partial charge is 0.444 e. The fourth-order valence-corrected chi connectivity index (χ4v) is 1.85. The molecule has 1 aliphatic heterocycles. The second-order valence-electron chi connectivity index (χ2n) is 5.66. The fraction of sp³-hybridized carbons (Fsp3) is 0.917. The standard InChI is InChI=1S/C12H23NO3/c1-11(2,3)16-10(14)13-8-6-7-12(4,9-13)15-5/h6-9H2,1-5H3. The normalized spacial score (nSPS) is 26.7. The first-order chi connectivity index (χ1) is 7.26. The molecule has 0 N–H and O–H groups in total. The van der Waals surface area contributed by atoms with Crippen molar-refractivity contribution in [3.05, 3.63) is 0 Å². The molecular formula is C12H23NO3. The van der Waals surface area contributed by atoms with Crippen LogP contribution in [-0.2, 0) is 9.47 Å². The van der Waals surface area contributed by atoms with Crippen LogP contribution in [0.1, 0.15) is 40.5 Å². The van der Waals surface area contributed by atoms with E-state index in [9.17, 15) is 4.79 Å². The molecule has 1 amide bonds. The van der Waals surface area contributed by atoms with Crippen LogP contribution in [0.3, 0.4) is 0 Å². The molecule has 0 saturated carbocycles. The van der Waals surface area contributed by atoms with E-state index in [-0.39, 0.29) is 11.7 Å². The zero-order valence-corrected chi connectivity index (χ0v) is 11.0. The van der Waals surface area contributed by atoms with Gasteiger partial charge in [0.1, 0.15) is 5.60 Å². The van der Waals surface area contributed by atoms with Gasteiger partial charge in [-0.2, -0.15) is 0 Å². The first kappa shape index (κ1) is 13.3. The van der Waals surface area contributed by atoms with Gasteiger partial charge >= 0.3 is 6.09 Å². The van der Waals surface area contributed by atoms with Gasteiger partial charge in [0.25, 0.3) is 0 Å². The summed E-state index contributed by atoms with van der Waals surface area (Å²) in [6, 6.07) is 0. The Labute approximate surface area is 97.9 Å². The zero-order chi connectivity index (χ0) is 12.4. The maximum absolute atomic E-state index is 11.9. The van der Waals surface area contributed by atoms with Gasteiger partial charge in [-0.3, -0.25) is 0 Å². The van der Waals surface area contributed by atoms with Gasteiger partial charge in [0.15, 0.2) is 0 Å². The van der Waals surface area contributed by atoms with E-state index in [4.69, 9.17) is 9.47 Å². The maximum Gasteiger partial charge on any atom is 0.410 e. The first-order valence-electron chi connectivity index (χ1n) is 5.79. The minimum atomic E-state index is -0.433. The molecule has 16 heavy (non-hydrogen) atoms. The lowest BCUT2D eigenvalue weighted by Gasteiger charge is -2.39. The number of amides is 1. The Morgan fingerprint density at radius 2 is 2.00 bits per heavy atom. The highest BCUT2D eigenvalue weighted by atomic mass is 16.6. The Hall–Kier alpha value is -0.770. The molecule has 0 spiro atoms. The quantitative estimate of drug-likeness (QED) is 0.693. The van der Waals surface area contributed by atoms with Crippen LogP contribution >= 0.6 is 0 Å². The molecule has 0 aliphatic carbocycles. The van der Waals surface area contributed by atoms with Crippen LogP contribution in [0.5, 0.6) is 0 Å². The van der Waals surface area contributed by atoms with Crippen molar-refractivity contribution in [2.75, 3.05) is 20.2 Å². The molecule has 1 saturated heterocycles. The summed E-state index contributed by atoms with van der Waals surface area (Å²) >= 11 is 0. The van der Waals surface area contributed by atoms with Crippen molar-refractivity contribution in [3.8, 4) is 0 Å². The number of carbonyl (C=O) groups excluding carboxylic acids is 1. The summed E-state index contributed by atoms with van der Waals surface area (Å²) in [6.07, 6.45) is 1.71. The molecule has 1 atom stereocenters. The second-order valence-corrected chi connectivity index (χ2v) is 5.66. The van der Waals surface area contributed by atoms with E-state index >= 15 is 0 Å². The van der Waals surface area contributed by atoms with Crippen molar-refractivity contribution >= 4 is 6.09 Å². The summed E-state index contributed by atoms with van der Waals surface area (Å²) in [5, 5.41) is 0. The number of likely N-dealkylation sites (tertiary alicyclic amines) is 1. The highest BCUT2D eigenvalue weighted by Gasteiger charge is 2.34. The first-order valence-corrected chi connectivity index (χ1v) is 5.79. The van der Waals surface area contributed by atoms with Crippen LogP contribution in [0, 0.1) is 0 Å². The summed E-state index contributed by atoms with van der Waals surface area (Å²) < 4.78 is 10.8. The maximum atomic E-state index is 11.9. The van der Waals surface area contributed by atoms with Crippen molar-refractivity contribution < 1.29 is 14.3 Å². The van der Waals surface area contributed by atoms with Crippen LogP contribution in [0.2, 0.25) is 0 Å². The molecule has 1 unspecified atom stereocenters. The van der Waals surface area contributed by atoms with E-state index < -0.39 is 5.60 Å². The lowest BCUT2D eigenvalue weighted by Crippen LogP contribution is -2.50. The Kier molecular flexibility index (Phi) is 3.84. The van der Waals surface area contributed by atoms with Gasteiger partial charge in [-0.1, -0.05) is 0 Å². The molecule has 4 nitrogen and oxygen atoms in total. The number of piperidine rings is 1. The van der Waals surface area contributed by atoms with Gasteiger partial charge in [0.2, 0.25) is 0 Å². The molecule has 1 aliphatic rings. The number of ether oxygens (including phenoxy) is 2. The number of carbonyl (C=O) groups is 1. The molecule has 0 aromatic carbocycles. The van der Waals surface area contributed by atoms with E-state index in [0.29, 0.717) is 6.54 Å². The molecule has 1 heterocycles. The summed E-state index contributed by atoms with van der Waals surface area (Å²) in [7, 11) is 1.69. The van der Waals surface area contributed by atoms with Crippen LogP contribution in [-0.4, -0.2) is 42.4 Å². The highest BCUT2D eigenvalue weighted by Crippen LogP contribution is 2.25. The van der Waals surface area contributed by atoms with Gasteiger partial charge in [0.05, 0.1) is 12.1 Å². The lowest BCUT2D eigenvalue weighted by atomic mass is 9.95. The smallest absolute Gasteiger partial charge is 0.410 e. The number of hydrogen-bond acceptors (Lipinski definition) is 3. The molecule has 4 heteroatoms. The number of hydrogen-bond donors (Lipinski definition) is 0. The Balaban J connectivity index is 2.57. The molecular weight excluding hydrogens is 206 g/mol. The number of methoxy groups -OCH3 is 1. The third kappa shape index (κ3) is 3.67. The third-order valence-electron chi connectivity index (χ3n) is 2.80. The Bertz CT molecular complexity index is 259. The van der Waals surface area contributed by atoms with Crippen LogP contribution in [0.25, 0.3) is 0 Å². The molecule has 94 valence electrons. The van der Waals surface area contributed by atoms with E-state index in [1.807, 2.05) is 27.7 Å². The van der Waals surface area contributed by atoms with Gasteiger partial charge < -0.3 is 14.4 Å². The van der Waals surface area contributed by atoms with Gasteiger partial charge in [-0.15, -0.1) is 0 Å². The van der Waals surface area contributed by atoms with Gasteiger partial charge in [0, 0.05) is 13.7 Å². The molecule has 0 radical (unpaired) electrons. The minimum Gasteiger partial charge on any atom is -0.444 e. The number of nitrogens with zero attached hydrogens (tertiary/aromatic N) is 1. The zero-order valence-electron chi connectivity index (χ0n) is 11.0. The van der Waals surface area contributed by atoms with Crippen molar-refractivity contribution in [2.45, 2.75) is 51.7 Å². The van der Waals surface area contributed by atoms with Crippen molar-refractivity contribution in [1.82, 2.24) is 4.90 Å². The van der Waals surface area contributed by atoms with Gasteiger partial charge in [-0.25, -0.2) is 4.79 Å². The molecule has 0 bridgehead atoms. The summed E-state index contributed by atoms with van der Waals surface area (Å²) in [5.41, 5.74) is -0.660. The molecule has 1 rings (SSSR count). The van der Waals surface area contributed by atoms with Crippen LogP contribution < -0.4 is 0 Å². The van der Waals surface area contributed by atoms with E-state index in [0.717, 1.165) is 19.4 Å².